The van der Waals surface area contributed by atoms with Crippen molar-refractivity contribution in [2.24, 2.45) is 5.92 Å². The van der Waals surface area contributed by atoms with Gasteiger partial charge in [-0.3, -0.25) is 0 Å². The summed E-state index contributed by atoms with van der Waals surface area (Å²) in [5.74, 6) is -2.71. The minimum Gasteiger partial charge on any atom is -0.400 e. The Morgan fingerprint density at radius 3 is 1.91 bits per heavy atom. The highest BCUT2D eigenvalue weighted by Crippen LogP contribution is 2.48. The average Bonchev–Trinajstić information content (AvgIpc) is 2.43. The second kappa shape index (κ2) is 3.97. The lowest BCUT2D eigenvalue weighted by molar-refractivity contribution is 0.0923. The van der Waals surface area contributed by atoms with Crippen LogP contribution in [0.1, 0.15) is 6.42 Å². The summed E-state index contributed by atoms with van der Waals surface area (Å²) in [6.07, 6.45) is 0.0885. The molecule has 1 aliphatic rings. The van der Waals surface area contributed by atoms with Crippen molar-refractivity contribution >= 4 is 0 Å². The van der Waals surface area contributed by atoms with Crippen LogP contribution in [0.3, 0.4) is 0 Å². The first-order valence-electron chi connectivity index (χ1n) is 3.49. The molecule has 1 N–H and O–H groups in total. The molecule has 1 aliphatic carbocycles. The maximum absolute atomic E-state index is 12.1. The van der Waals surface area contributed by atoms with Gasteiger partial charge in [0.15, 0.2) is 0 Å². The van der Waals surface area contributed by atoms with Gasteiger partial charge in [0.05, 0.1) is 0 Å². The van der Waals surface area contributed by atoms with Crippen molar-refractivity contribution in [1.29, 1.82) is 0 Å². The molecule has 1 rings (SSSR count). The third-order valence-electron chi connectivity index (χ3n) is 1.54. The molecular formula is C7H15F2NO. The molecule has 0 aromatic rings. The molecule has 0 unspecified atom stereocenters. The van der Waals surface area contributed by atoms with Crippen LogP contribution >= 0.6 is 0 Å². The molecule has 0 aromatic heterocycles. The first-order chi connectivity index (χ1) is 5.02. The molecule has 1 atom stereocenters. The zero-order valence-corrected chi connectivity index (χ0v) is 7.14. The van der Waals surface area contributed by atoms with Gasteiger partial charge in [0.1, 0.15) is 0 Å². The number of aliphatic hydroxyl groups is 1. The van der Waals surface area contributed by atoms with Gasteiger partial charge in [-0.1, -0.05) is 0 Å². The molecule has 68 valence electrons. The normalized spacial score (nSPS) is 25.9. The summed E-state index contributed by atoms with van der Waals surface area (Å²) < 4.78 is 24.3. The SMILES string of the molecule is CN(C)C[C@H]1CC1(F)F.CO. The molecule has 2 nitrogen and oxygen atoms in total. The smallest absolute Gasteiger partial charge is 0.252 e. The van der Waals surface area contributed by atoms with Crippen LogP contribution in [0.2, 0.25) is 0 Å². The predicted molar refractivity (Wildman–Crippen MR) is 39.8 cm³/mol. The van der Waals surface area contributed by atoms with E-state index in [0.717, 1.165) is 7.11 Å². The van der Waals surface area contributed by atoms with E-state index in [1.807, 2.05) is 14.1 Å². The van der Waals surface area contributed by atoms with Crippen LogP contribution in [0, 0.1) is 5.92 Å². The summed E-state index contributed by atoms with van der Waals surface area (Å²) in [6.45, 7) is 0.521. The van der Waals surface area contributed by atoms with Crippen LogP contribution in [0.5, 0.6) is 0 Å². The van der Waals surface area contributed by atoms with Gasteiger partial charge in [0, 0.05) is 26.0 Å². The number of hydrogen-bond donors (Lipinski definition) is 1. The van der Waals surface area contributed by atoms with E-state index in [4.69, 9.17) is 5.11 Å². The molecule has 0 saturated heterocycles. The Morgan fingerprint density at radius 1 is 1.45 bits per heavy atom. The van der Waals surface area contributed by atoms with Gasteiger partial charge in [-0.2, -0.15) is 0 Å². The van der Waals surface area contributed by atoms with E-state index < -0.39 is 5.92 Å². The highest BCUT2D eigenvalue weighted by molar-refractivity contribution is 4.95. The van der Waals surface area contributed by atoms with E-state index in [9.17, 15) is 8.78 Å². The Hall–Kier alpha value is -0.220. The zero-order chi connectivity index (χ0) is 9.07. The largest absolute Gasteiger partial charge is 0.400 e. The average molecular weight is 167 g/mol. The van der Waals surface area contributed by atoms with Gasteiger partial charge in [0.2, 0.25) is 0 Å². The summed E-state index contributed by atoms with van der Waals surface area (Å²) in [6, 6.07) is 0. The minimum atomic E-state index is -2.34. The molecule has 1 fully saturated rings. The molecule has 1 saturated carbocycles. The quantitative estimate of drug-likeness (QED) is 0.658. The van der Waals surface area contributed by atoms with Crippen molar-refractivity contribution in [3.8, 4) is 0 Å². The topological polar surface area (TPSA) is 23.5 Å². The van der Waals surface area contributed by atoms with Gasteiger partial charge in [0.25, 0.3) is 5.92 Å². The van der Waals surface area contributed by atoms with Crippen LogP contribution in [0.25, 0.3) is 0 Å². The lowest BCUT2D eigenvalue weighted by Crippen LogP contribution is -2.17. The molecule has 0 aliphatic heterocycles. The van der Waals surface area contributed by atoms with Gasteiger partial charge < -0.3 is 10.0 Å². The van der Waals surface area contributed by atoms with Crippen molar-refractivity contribution in [3.63, 3.8) is 0 Å². The van der Waals surface area contributed by atoms with E-state index in [1.165, 1.54) is 0 Å². The third kappa shape index (κ3) is 3.62. The number of halogens is 2. The van der Waals surface area contributed by atoms with E-state index in [-0.39, 0.29) is 12.3 Å². The van der Waals surface area contributed by atoms with Crippen LogP contribution in [-0.2, 0) is 0 Å². The summed E-state index contributed by atoms with van der Waals surface area (Å²) >= 11 is 0. The van der Waals surface area contributed by atoms with Crippen molar-refractivity contribution in [1.82, 2.24) is 4.90 Å². The van der Waals surface area contributed by atoms with Crippen LogP contribution < -0.4 is 0 Å². The van der Waals surface area contributed by atoms with Crippen LogP contribution in [-0.4, -0.2) is 43.7 Å². The molecule has 0 heterocycles. The Bertz CT molecular complexity index is 117. The van der Waals surface area contributed by atoms with Gasteiger partial charge in [-0.05, 0) is 14.1 Å². The number of hydrogen-bond acceptors (Lipinski definition) is 2. The fraction of sp³-hybridized carbons (Fsp3) is 1.00. The van der Waals surface area contributed by atoms with Crippen molar-refractivity contribution in [2.45, 2.75) is 12.3 Å². The molecule has 0 spiro atoms. The fourth-order valence-electron chi connectivity index (χ4n) is 0.908. The van der Waals surface area contributed by atoms with E-state index in [1.54, 1.807) is 4.90 Å². The first kappa shape index (κ1) is 10.8. The summed E-state index contributed by atoms with van der Waals surface area (Å²) in [7, 11) is 4.63. The van der Waals surface area contributed by atoms with E-state index in [0.29, 0.717) is 6.54 Å². The maximum Gasteiger partial charge on any atom is 0.252 e. The Morgan fingerprint density at radius 2 is 1.82 bits per heavy atom. The summed E-state index contributed by atoms with van der Waals surface area (Å²) in [5, 5.41) is 7.00. The van der Waals surface area contributed by atoms with Crippen molar-refractivity contribution < 1.29 is 13.9 Å². The highest BCUT2D eigenvalue weighted by atomic mass is 19.3. The molecule has 11 heavy (non-hydrogen) atoms. The first-order valence-corrected chi connectivity index (χ1v) is 3.49. The predicted octanol–water partition coefficient (Wildman–Crippen LogP) is 0.812. The Labute approximate surface area is 65.8 Å². The van der Waals surface area contributed by atoms with Gasteiger partial charge in [-0.25, -0.2) is 8.78 Å². The van der Waals surface area contributed by atoms with Crippen LogP contribution in [0.15, 0.2) is 0 Å². The number of nitrogens with zero attached hydrogens (tertiary/aromatic N) is 1. The lowest BCUT2D eigenvalue weighted by atomic mass is 10.4. The van der Waals surface area contributed by atoms with Gasteiger partial charge >= 0.3 is 0 Å². The number of alkyl halides is 2. The second-order valence-corrected chi connectivity index (χ2v) is 2.92. The second-order valence-electron chi connectivity index (χ2n) is 2.92. The number of aliphatic hydroxyl groups excluding tert-OH is 1. The summed E-state index contributed by atoms with van der Waals surface area (Å²) in [5.41, 5.74) is 0. The van der Waals surface area contributed by atoms with E-state index >= 15 is 0 Å². The number of rotatable bonds is 2. The summed E-state index contributed by atoms with van der Waals surface area (Å²) in [4.78, 5) is 1.80. The molecule has 4 heteroatoms. The third-order valence-corrected chi connectivity index (χ3v) is 1.54. The standard InChI is InChI=1S/C6H11F2N.CH4O/c1-9(2)4-5-3-6(5,7)8;1-2/h5H,3-4H2,1-2H3;2H,1H3/t5-;/m1./s1. The molecule has 0 radical (unpaired) electrons. The lowest BCUT2D eigenvalue weighted by Gasteiger charge is -2.06. The zero-order valence-electron chi connectivity index (χ0n) is 7.14. The van der Waals surface area contributed by atoms with Gasteiger partial charge in [-0.15, -0.1) is 0 Å². The Kier molecular flexibility index (Phi) is 3.89. The molecule has 0 bridgehead atoms. The fourth-order valence-corrected chi connectivity index (χ4v) is 0.908. The Balaban J connectivity index is 0.000000461. The highest BCUT2D eigenvalue weighted by Gasteiger charge is 2.56. The van der Waals surface area contributed by atoms with Crippen molar-refractivity contribution in [2.75, 3.05) is 27.7 Å². The molecule has 0 aromatic carbocycles. The van der Waals surface area contributed by atoms with Crippen LogP contribution in [0.4, 0.5) is 8.78 Å². The monoisotopic (exact) mass is 167 g/mol. The molecular weight excluding hydrogens is 152 g/mol. The van der Waals surface area contributed by atoms with Crippen molar-refractivity contribution in [3.05, 3.63) is 0 Å². The maximum atomic E-state index is 12.1. The molecule has 0 amide bonds. The minimum absolute atomic E-state index is 0.0885. The van der Waals surface area contributed by atoms with E-state index in [2.05, 4.69) is 0 Å².